The standard InChI is InChI=1S/C11H13BrClN3S/c1-15-2-4-16(5-3-15)9(7-14)10-6-8(12)11(13)17-10/h6,9H,2-5H2,1H3. The number of nitriles is 1. The quantitative estimate of drug-likeness (QED) is 0.833. The average molecular weight is 335 g/mol. The minimum atomic E-state index is -0.169. The van der Waals surface area contributed by atoms with Crippen LogP contribution in [0.25, 0.3) is 0 Å². The molecule has 6 heteroatoms. The second-order valence-electron chi connectivity index (χ2n) is 4.14. The zero-order valence-electron chi connectivity index (χ0n) is 9.49. The molecule has 0 radical (unpaired) electrons. The van der Waals surface area contributed by atoms with Crippen molar-refractivity contribution < 1.29 is 0 Å². The first-order valence-electron chi connectivity index (χ1n) is 5.38. The maximum absolute atomic E-state index is 9.34. The van der Waals surface area contributed by atoms with Crippen molar-refractivity contribution in [3.05, 3.63) is 19.8 Å². The van der Waals surface area contributed by atoms with Gasteiger partial charge in [0.25, 0.3) is 0 Å². The van der Waals surface area contributed by atoms with Crippen molar-refractivity contribution in [3.63, 3.8) is 0 Å². The Bertz CT molecular complexity index is 415. The van der Waals surface area contributed by atoms with Crippen LogP contribution in [-0.4, -0.2) is 43.0 Å². The average Bonchev–Trinajstić information content (AvgIpc) is 2.63. The van der Waals surface area contributed by atoms with Crippen LogP contribution in [0.2, 0.25) is 4.34 Å². The minimum Gasteiger partial charge on any atom is -0.304 e. The fraction of sp³-hybridized carbons (Fsp3) is 0.545. The van der Waals surface area contributed by atoms with Gasteiger partial charge in [-0.05, 0) is 29.0 Å². The highest BCUT2D eigenvalue weighted by Gasteiger charge is 2.25. The van der Waals surface area contributed by atoms with E-state index in [-0.39, 0.29) is 6.04 Å². The Morgan fingerprint density at radius 3 is 2.59 bits per heavy atom. The zero-order valence-corrected chi connectivity index (χ0v) is 12.6. The first-order chi connectivity index (χ1) is 8.11. The Labute approximate surface area is 119 Å². The zero-order chi connectivity index (χ0) is 12.4. The third-order valence-electron chi connectivity index (χ3n) is 2.96. The number of hydrogen-bond acceptors (Lipinski definition) is 4. The van der Waals surface area contributed by atoms with Gasteiger partial charge in [0.1, 0.15) is 10.4 Å². The maximum atomic E-state index is 9.34. The minimum absolute atomic E-state index is 0.169. The number of hydrogen-bond donors (Lipinski definition) is 0. The van der Waals surface area contributed by atoms with Crippen LogP contribution in [0.3, 0.4) is 0 Å². The lowest BCUT2D eigenvalue weighted by Gasteiger charge is -2.34. The number of nitrogens with zero attached hydrogens (tertiary/aromatic N) is 3. The number of rotatable bonds is 2. The molecule has 0 saturated carbocycles. The van der Waals surface area contributed by atoms with Crippen LogP contribution >= 0.6 is 38.9 Å². The molecule has 1 aromatic rings. The highest BCUT2D eigenvalue weighted by atomic mass is 79.9. The van der Waals surface area contributed by atoms with Crippen LogP contribution in [0.5, 0.6) is 0 Å². The largest absolute Gasteiger partial charge is 0.304 e. The molecule has 1 aliphatic rings. The lowest BCUT2D eigenvalue weighted by Crippen LogP contribution is -2.45. The summed E-state index contributed by atoms with van der Waals surface area (Å²) in [7, 11) is 2.11. The number of piperazine rings is 1. The van der Waals surface area contributed by atoms with Crippen molar-refractivity contribution in [2.24, 2.45) is 0 Å². The van der Waals surface area contributed by atoms with Gasteiger partial charge in [-0.3, -0.25) is 4.90 Å². The predicted molar refractivity (Wildman–Crippen MR) is 74.5 cm³/mol. The van der Waals surface area contributed by atoms with E-state index in [1.807, 2.05) is 6.07 Å². The lowest BCUT2D eigenvalue weighted by molar-refractivity contribution is 0.134. The van der Waals surface area contributed by atoms with Crippen LogP contribution in [0.4, 0.5) is 0 Å². The summed E-state index contributed by atoms with van der Waals surface area (Å²) in [5.41, 5.74) is 0. The summed E-state index contributed by atoms with van der Waals surface area (Å²) >= 11 is 10.9. The number of likely N-dealkylation sites (N-methyl/N-ethyl adjacent to an activating group) is 1. The number of thiophene rings is 1. The van der Waals surface area contributed by atoms with E-state index in [1.165, 1.54) is 11.3 Å². The van der Waals surface area contributed by atoms with E-state index in [1.54, 1.807) is 0 Å². The van der Waals surface area contributed by atoms with E-state index in [2.05, 4.69) is 38.8 Å². The van der Waals surface area contributed by atoms with Gasteiger partial charge >= 0.3 is 0 Å². The Balaban J connectivity index is 2.14. The van der Waals surface area contributed by atoms with E-state index in [0.717, 1.165) is 39.9 Å². The monoisotopic (exact) mass is 333 g/mol. The molecule has 0 aliphatic carbocycles. The maximum Gasteiger partial charge on any atom is 0.133 e. The molecule has 92 valence electrons. The molecule has 1 saturated heterocycles. The van der Waals surface area contributed by atoms with Crippen molar-refractivity contribution in [2.75, 3.05) is 33.2 Å². The molecule has 2 rings (SSSR count). The van der Waals surface area contributed by atoms with E-state index < -0.39 is 0 Å². The van der Waals surface area contributed by atoms with Crippen LogP contribution in [0, 0.1) is 11.3 Å². The second-order valence-corrected chi connectivity index (χ2v) is 6.68. The molecule has 17 heavy (non-hydrogen) atoms. The van der Waals surface area contributed by atoms with Crippen molar-refractivity contribution in [1.82, 2.24) is 9.80 Å². The van der Waals surface area contributed by atoms with Gasteiger partial charge in [0.15, 0.2) is 0 Å². The third-order valence-corrected chi connectivity index (χ3v) is 5.49. The lowest BCUT2D eigenvalue weighted by atomic mass is 10.2. The highest BCUT2D eigenvalue weighted by molar-refractivity contribution is 9.10. The Morgan fingerprint density at radius 1 is 1.47 bits per heavy atom. The summed E-state index contributed by atoms with van der Waals surface area (Å²) in [5, 5.41) is 9.34. The molecule has 1 atom stereocenters. The SMILES string of the molecule is CN1CCN(C(C#N)c2cc(Br)c(Cl)s2)CC1. The van der Waals surface area contributed by atoms with Crippen molar-refractivity contribution in [3.8, 4) is 6.07 Å². The van der Waals surface area contributed by atoms with Gasteiger partial charge in [0.05, 0.1) is 6.07 Å². The van der Waals surface area contributed by atoms with Gasteiger partial charge in [-0.2, -0.15) is 5.26 Å². The van der Waals surface area contributed by atoms with Crippen LogP contribution < -0.4 is 0 Å². The van der Waals surface area contributed by atoms with E-state index in [4.69, 9.17) is 11.6 Å². The summed E-state index contributed by atoms with van der Waals surface area (Å²) in [6, 6.07) is 4.17. The van der Waals surface area contributed by atoms with Gasteiger partial charge < -0.3 is 4.90 Å². The Kier molecular flexibility index (Phi) is 4.45. The molecular formula is C11H13BrClN3S. The van der Waals surface area contributed by atoms with Gasteiger partial charge in [0, 0.05) is 35.5 Å². The molecule has 0 amide bonds. The molecule has 0 N–H and O–H groups in total. The van der Waals surface area contributed by atoms with Crippen molar-refractivity contribution >= 4 is 38.9 Å². The molecule has 1 aliphatic heterocycles. The van der Waals surface area contributed by atoms with Gasteiger partial charge in [-0.25, -0.2) is 0 Å². The first-order valence-corrected chi connectivity index (χ1v) is 7.37. The highest BCUT2D eigenvalue weighted by Crippen LogP contribution is 2.37. The first kappa shape index (κ1) is 13.3. The summed E-state index contributed by atoms with van der Waals surface area (Å²) < 4.78 is 1.60. The summed E-state index contributed by atoms with van der Waals surface area (Å²) in [4.78, 5) is 5.52. The molecule has 2 heterocycles. The molecule has 0 aromatic carbocycles. The molecule has 1 aromatic heterocycles. The third kappa shape index (κ3) is 3.01. The summed E-state index contributed by atoms with van der Waals surface area (Å²) in [6.07, 6.45) is 0. The molecule has 1 unspecified atom stereocenters. The number of halogens is 2. The van der Waals surface area contributed by atoms with Crippen LogP contribution in [0.1, 0.15) is 10.9 Å². The van der Waals surface area contributed by atoms with Gasteiger partial charge in [-0.1, -0.05) is 11.6 Å². The van der Waals surface area contributed by atoms with Crippen LogP contribution in [-0.2, 0) is 0 Å². The van der Waals surface area contributed by atoms with Crippen molar-refractivity contribution in [2.45, 2.75) is 6.04 Å². The van der Waals surface area contributed by atoms with E-state index in [9.17, 15) is 5.26 Å². The molecule has 0 bridgehead atoms. The topological polar surface area (TPSA) is 30.3 Å². The Morgan fingerprint density at radius 2 is 2.12 bits per heavy atom. The molecule has 3 nitrogen and oxygen atoms in total. The van der Waals surface area contributed by atoms with Crippen molar-refractivity contribution in [1.29, 1.82) is 5.26 Å². The van der Waals surface area contributed by atoms with Gasteiger partial charge in [0.2, 0.25) is 0 Å². The molecular weight excluding hydrogens is 322 g/mol. The Hall–Kier alpha value is -0.120. The normalized spacial score (nSPS) is 20.1. The molecule has 0 spiro atoms. The van der Waals surface area contributed by atoms with E-state index >= 15 is 0 Å². The summed E-state index contributed by atoms with van der Waals surface area (Å²) in [6.45, 7) is 3.89. The predicted octanol–water partition coefficient (Wildman–Crippen LogP) is 2.98. The van der Waals surface area contributed by atoms with E-state index in [0.29, 0.717) is 0 Å². The second kappa shape index (κ2) is 5.68. The smallest absolute Gasteiger partial charge is 0.133 e. The van der Waals surface area contributed by atoms with Gasteiger partial charge in [-0.15, -0.1) is 11.3 Å². The fourth-order valence-corrected chi connectivity index (χ4v) is 3.72. The molecule has 1 fully saturated rings. The fourth-order valence-electron chi connectivity index (χ4n) is 1.90. The summed E-state index contributed by atoms with van der Waals surface area (Å²) in [5.74, 6) is 0. The van der Waals surface area contributed by atoms with Crippen LogP contribution in [0.15, 0.2) is 10.5 Å².